The Morgan fingerprint density at radius 3 is 2.33 bits per heavy atom. The van der Waals surface area contributed by atoms with Crippen molar-refractivity contribution in [1.29, 1.82) is 0 Å². The molecule has 0 fully saturated rings. The second kappa shape index (κ2) is 8.29. The van der Waals surface area contributed by atoms with Gasteiger partial charge in [0.1, 0.15) is 0 Å². The maximum atomic E-state index is 12.4. The topological polar surface area (TPSA) is 53.9 Å². The fourth-order valence-corrected chi connectivity index (χ4v) is 2.56. The van der Waals surface area contributed by atoms with E-state index in [4.69, 9.17) is 0 Å². The zero-order valence-corrected chi connectivity index (χ0v) is 16.1. The molecule has 1 rings (SSSR count). The van der Waals surface area contributed by atoms with Crippen LogP contribution in [0.1, 0.15) is 37.5 Å². The number of nitrogens with zero attached hydrogens (tertiary/aromatic N) is 1. The number of carbonyl (C=O) groups excluding carboxylic acids is 2. The summed E-state index contributed by atoms with van der Waals surface area (Å²) in [7, 11) is 3.68. The smallest absolute Gasteiger partial charge is 0.277 e. The van der Waals surface area contributed by atoms with Crippen molar-refractivity contribution in [2.24, 2.45) is 0 Å². The molecular weight excluding hydrogens is 302 g/mol. The normalized spacial score (nSPS) is 12.6. The zero-order chi connectivity index (χ0) is 18.5. The molecule has 0 aromatic heterocycles. The van der Waals surface area contributed by atoms with E-state index in [1.807, 2.05) is 34.9 Å². The molecule has 2 amide bonds. The molecule has 134 valence electrons. The van der Waals surface area contributed by atoms with Gasteiger partial charge in [-0.1, -0.05) is 23.8 Å². The number of nitrogens with one attached hydrogen (secondary N) is 2. The van der Waals surface area contributed by atoms with E-state index in [0.717, 1.165) is 10.5 Å². The van der Waals surface area contributed by atoms with Gasteiger partial charge in [-0.2, -0.15) is 0 Å². The maximum absolute atomic E-state index is 12.4. The number of amides is 2. The van der Waals surface area contributed by atoms with Crippen molar-refractivity contribution >= 4 is 11.8 Å². The molecule has 0 saturated heterocycles. The van der Waals surface area contributed by atoms with Crippen LogP contribution in [0.2, 0.25) is 0 Å². The molecule has 0 aliphatic carbocycles. The van der Waals surface area contributed by atoms with E-state index in [2.05, 4.69) is 37.4 Å². The fourth-order valence-electron chi connectivity index (χ4n) is 2.56. The van der Waals surface area contributed by atoms with Crippen LogP contribution in [0.25, 0.3) is 0 Å². The molecule has 0 saturated carbocycles. The summed E-state index contributed by atoms with van der Waals surface area (Å²) in [6.07, 6.45) is 0. The molecule has 0 bridgehead atoms. The van der Waals surface area contributed by atoms with Gasteiger partial charge in [0.15, 0.2) is 13.1 Å². The van der Waals surface area contributed by atoms with Crippen LogP contribution in [0.5, 0.6) is 0 Å². The molecule has 0 aliphatic heterocycles. The highest BCUT2D eigenvalue weighted by molar-refractivity contribution is 5.79. The predicted molar refractivity (Wildman–Crippen MR) is 96.9 cm³/mol. The number of hydrogen-bond donors (Lipinski definition) is 2. The lowest BCUT2D eigenvalue weighted by Gasteiger charge is -2.23. The molecule has 0 heterocycles. The Bertz CT molecular complexity index is 591. The van der Waals surface area contributed by atoms with E-state index >= 15 is 0 Å². The van der Waals surface area contributed by atoms with Gasteiger partial charge in [0.25, 0.3) is 11.8 Å². The quantitative estimate of drug-likeness (QED) is 0.804. The highest BCUT2D eigenvalue weighted by atomic mass is 16.2. The molecule has 1 aromatic rings. The highest BCUT2D eigenvalue weighted by Crippen LogP contribution is 2.12. The number of hydrogen-bond acceptors (Lipinski definition) is 2. The van der Waals surface area contributed by atoms with Crippen molar-refractivity contribution in [1.82, 2.24) is 10.2 Å². The first kappa shape index (κ1) is 20.2. The Hall–Kier alpha value is -1.88. The Kier molecular flexibility index (Phi) is 6.96. The number of quaternary nitrogens is 1. The van der Waals surface area contributed by atoms with E-state index in [9.17, 15) is 9.59 Å². The summed E-state index contributed by atoms with van der Waals surface area (Å²) in [6, 6.07) is 6.26. The van der Waals surface area contributed by atoms with Gasteiger partial charge in [-0.05, 0) is 45.7 Å². The molecule has 1 unspecified atom stereocenters. The third-order valence-corrected chi connectivity index (χ3v) is 3.76. The highest BCUT2D eigenvalue weighted by Gasteiger charge is 2.20. The van der Waals surface area contributed by atoms with Crippen molar-refractivity contribution in [3.05, 3.63) is 34.9 Å². The number of carbonyl (C=O) groups is 2. The molecule has 1 atom stereocenters. The Balaban J connectivity index is 2.52. The number of likely N-dealkylation sites (N-methyl/N-ethyl adjacent to an activating group) is 2. The number of rotatable bonds is 6. The first-order chi connectivity index (χ1) is 11.0. The van der Waals surface area contributed by atoms with E-state index in [1.165, 1.54) is 11.1 Å². The van der Waals surface area contributed by atoms with Crippen LogP contribution in [0.15, 0.2) is 18.2 Å². The lowest BCUT2D eigenvalue weighted by molar-refractivity contribution is -0.863. The van der Waals surface area contributed by atoms with Gasteiger partial charge in [0.2, 0.25) is 0 Å². The molecule has 0 spiro atoms. The Morgan fingerprint density at radius 1 is 1.17 bits per heavy atom. The summed E-state index contributed by atoms with van der Waals surface area (Å²) < 4.78 is 0. The van der Waals surface area contributed by atoms with Crippen LogP contribution < -0.4 is 10.2 Å². The van der Waals surface area contributed by atoms with Crippen molar-refractivity contribution < 1.29 is 14.5 Å². The molecule has 2 N–H and O–H groups in total. The molecule has 5 nitrogen and oxygen atoms in total. The fraction of sp³-hybridized carbons (Fsp3) is 0.579. The minimum absolute atomic E-state index is 0.0372. The van der Waals surface area contributed by atoms with Crippen LogP contribution in [0.3, 0.4) is 0 Å². The van der Waals surface area contributed by atoms with Gasteiger partial charge in [0.05, 0.1) is 7.05 Å². The number of benzene rings is 1. The molecule has 1 aromatic carbocycles. The minimum Gasteiger partial charge on any atom is -0.347 e. The molecule has 5 heteroatoms. The Morgan fingerprint density at radius 2 is 1.79 bits per heavy atom. The van der Waals surface area contributed by atoms with Crippen molar-refractivity contribution in [2.75, 3.05) is 27.2 Å². The average Bonchev–Trinajstić information content (AvgIpc) is 2.39. The summed E-state index contributed by atoms with van der Waals surface area (Å²) in [5.41, 5.74) is 3.32. The molecule has 24 heavy (non-hydrogen) atoms. The van der Waals surface area contributed by atoms with Gasteiger partial charge in [-0.3, -0.25) is 9.59 Å². The van der Waals surface area contributed by atoms with Crippen LogP contribution in [-0.2, 0) is 16.1 Å². The van der Waals surface area contributed by atoms with E-state index in [-0.39, 0.29) is 17.4 Å². The summed E-state index contributed by atoms with van der Waals surface area (Å²) >= 11 is 0. The van der Waals surface area contributed by atoms with Gasteiger partial charge in [0, 0.05) is 19.1 Å². The lowest BCUT2D eigenvalue weighted by atomic mass is 10.1. The maximum Gasteiger partial charge on any atom is 0.277 e. The minimum atomic E-state index is -0.249. The predicted octanol–water partition coefficient (Wildman–Crippen LogP) is 0.691. The van der Waals surface area contributed by atoms with Gasteiger partial charge in [-0.15, -0.1) is 0 Å². The molecule has 0 aliphatic rings. The van der Waals surface area contributed by atoms with Crippen LogP contribution in [0, 0.1) is 13.8 Å². The zero-order valence-electron chi connectivity index (χ0n) is 16.1. The van der Waals surface area contributed by atoms with E-state index < -0.39 is 0 Å². The summed E-state index contributed by atoms with van der Waals surface area (Å²) in [6.45, 7) is 11.2. The van der Waals surface area contributed by atoms with Crippen molar-refractivity contribution in [3.8, 4) is 0 Å². The first-order valence-electron chi connectivity index (χ1n) is 8.40. The van der Waals surface area contributed by atoms with Gasteiger partial charge >= 0.3 is 0 Å². The van der Waals surface area contributed by atoms with Crippen molar-refractivity contribution in [3.63, 3.8) is 0 Å². The summed E-state index contributed by atoms with van der Waals surface area (Å²) in [5.74, 6) is 0.000802. The molecular formula is C19H32N3O2+. The second-order valence-corrected chi connectivity index (χ2v) is 7.79. The van der Waals surface area contributed by atoms with Crippen LogP contribution >= 0.6 is 0 Å². The van der Waals surface area contributed by atoms with Crippen LogP contribution in [-0.4, -0.2) is 49.4 Å². The third kappa shape index (κ3) is 7.13. The largest absolute Gasteiger partial charge is 0.347 e. The third-order valence-electron chi connectivity index (χ3n) is 3.76. The summed E-state index contributed by atoms with van der Waals surface area (Å²) in [4.78, 5) is 26.9. The molecule has 0 radical (unpaired) electrons. The standard InChI is InChI=1S/C19H31N3O2/c1-14-8-9-16(15(2)10-14)11-22(7)18(24)13-21(6)12-17(23)20-19(3,4)5/h8-10H,11-13H2,1-7H3,(H,20,23)/p+1. The van der Waals surface area contributed by atoms with E-state index in [1.54, 1.807) is 4.90 Å². The monoisotopic (exact) mass is 334 g/mol. The van der Waals surface area contributed by atoms with Crippen molar-refractivity contribution in [2.45, 2.75) is 46.7 Å². The summed E-state index contributed by atoms with van der Waals surface area (Å²) in [5, 5.41) is 2.92. The average molecular weight is 334 g/mol. The SMILES string of the molecule is Cc1ccc(CN(C)C(=O)C[NH+](C)CC(=O)NC(C)(C)C)c(C)c1. The second-order valence-electron chi connectivity index (χ2n) is 7.79. The van der Waals surface area contributed by atoms with Crippen LogP contribution in [0.4, 0.5) is 0 Å². The first-order valence-corrected chi connectivity index (χ1v) is 8.40. The lowest BCUT2D eigenvalue weighted by Crippen LogP contribution is -3.11. The number of aryl methyl sites for hydroxylation is 2. The van der Waals surface area contributed by atoms with E-state index in [0.29, 0.717) is 19.6 Å². The van der Waals surface area contributed by atoms with Gasteiger partial charge < -0.3 is 15.1 Å². The van der Waals surface area contributed by atoms with Gasteiger partial charge in [-0.25, -0.2) is 0 Å². The Labute approximate surface area is 146 Å².